The lowest BCUT2D eigenvalue weighted by molar-refractivity contribution is -0.116. The van der Waals surface area contributed by atoms with E-state index in [2.05, 4.69) is 69.5 Å². The summed E-state index contributed by atoms with van der Waals surface area (Å²) in [5.74, 6) is 0.926. The number of hydrogen-bond donors (Lipinski definition) is 1. The van der Waals surface area contributed by atoms with Crippen molar-refractivity contribution in [3.8, 4) is 5.88 Å². The van der Waals surface area contributed by atoms with Crippen LogP contribution in [-0.2, 0) is 10.3 Å². The van der Waals surface area contributed by atoms with Crippen molar-refractivity contribution in [1.82, 2.24) is 24.7 Å². The van der Waals surface area contributed by atoms with Crippen LogP contribution in [0.2, 0.25) is 0 Å². The number of carbonyl (C=O) groups is 2. The molecule has 1 saturated heterocycles. The molecule has 37 heavy (non-hydrogen) atoms. The molecule has 0 radical (unpaired) electrons. The third kappa shape index (κ3) is 4.89. The van der Waals surface area contributed by atoms with Crippen LogP contribution in [0, 0.1) is 5.92 Å². The fraction of sp³-hybridized carbons (Fsp3) is 0.571. The SMILES string of the molecule is COc1cncc(NC(=O)CN2C[C@]3(CC[C@@](c4ccccc4)(N(C)C)CC3)N(CC3CCC3)C2=O)n1. The molecule has 2 aromatic rings. The van der Waals surface area contributed by atoms with Crippen molar-refractivity contribution < 1.29 is 14.3 Å². The van der Waals surface area contributed by atoms with Gasteiger partial charge < -0.3 is 19.9 Å². The third-order valence-electron chi connectivity index (χ3n) is 8.82. The first kappa shape index (κ1) is 25.4. The Labute approximate surface area is 219 Å². The highest BCUT2D eigenvalue weighted by Gasteiger charge is 2.55. The predicted molar refractivity (Wildman–Crippen MR) is 141 cm³/mol. The summed E-state index contributed by atoms with van der Waals surface area (Å²) in [6, 6.07) is 10.7. The molecule has 2 aliphatic carbocycles. The second-order valence-electron chi connectivity index (χ2n) is 11.1. The quantitative estimate of drug-likeness (QED) is 0.587. The van der Waals surface area contributed by atoms with Gasteiger partial charge in [0.2, 0.25) is 11.8 Å². The van der Waals surface area contributed by atoms with E-state index < -0.39 is 0 Å². The number of carbonyl (C=O) groups excluding carboxylic acids is 2. The summed E-state index contributed by atoms with van der Waals surface area (Å²) in [4.78, 5) is 41.1. The number of methoxy groups -OCH3 is 1. The van der Waals surface area contributed by atoms with Gasteiger partial charge >= 0.3 is 6.03 Å². The first-order valence-electron chi connectivity index (χ1n) is 13.3. The number of aromatic nitrogens is 2. The van der Waals surface area contributed by atoms with Crippen LogP contribution >= 0.6 is 0 Å². The van der Waals surface area contributed by atoms with Crippen molar-refractivity contribution in [2.75, 3.05) is 46.2 Å². The Morgan fingerprint density at radius 2 is 1.86 bits per heavy atom. The number of rotatable bonds is 8. The average molecular weight is 507 g/mol. The van der Waals surface area contributed by atoms with Crippen LogP contribution < -0.4 is 10.1 Å². The van der Waals surface area contributed by atoms with Crippen molar-refractivity contribution in [1.29, 1.82) is 0 Å². The maximum Gasteiger partial charge on any atom is 0.321 e. The molecule has 0 unspecified atom stereocenters. The van der Waals surface area contributed by atoms with E-state index in [1.54, 1.807) is 4.90 Å². The van der Waals surface area contributed by atoms with Crippen molar-refractivity contribution >= 4 is 17.8 Å². The van der Waals surface area contributed by atoms with E-state index in [0.717, 1.165) is 32.2 Å². The molecule has 3 aliphatic rings. The molecule has 1 aromatic carbocycles. The number of amides is 3. The van der Waals surface area contributed by atoms with Gasteiger partial charge in [-0.1, -0.05) is 36.8 Å². The highest BCUT2D eigenvalue weighted by molar-refractivity contribution is 5.94. The van der Waals surface area contributed by atoms with Crippen LogP contribution in [-0.4, -0.2) is 83.0 Å². The molecule has 0 bridgehead atoms. The second-order valence-corrected chi connectivity index (χ2v) is 11.1. The fourth-order valence-electron chi connectivity index (χ4n) is 6.37. The van der Waals surface area contributed by atoms with Crippen LogP contribution in [0.3, 0.4) is 0 Å². The van der Waals surface area contributed by atoms with E-state index in [1.807, 2.05) is 0 Å². The maximum absolute atomic E-state index is 13.7. The minimum absolute atomic E-state index is 0.00184. The highest BCUT2D eigenvalue weighted by atomic mass is 16.5. The summed E-state index contributed by atoms with van der Waals surface area (Å²) < 4.78 is 5.10. The minimum atomic E-state index is -0.278. The van der Waals surface area contributed by atoms with E-state index in [9.17, 15) is 9.59 Å². The Bertz CT molecular complexity index is 1110. The zero-order chi connectivity index (χ0) is 26.0. The largest absolute Gasteiger partial charge is 0.480 e. The minimum Gasteiger partial charge on any atom is -0.480 e. The van der Waals surface area contributed by atoms with E-state index in [0.29, 0.717) is 24.2 Å². The molecule has 9 nitrogen and oxygen atoms in total. The molecule has 1 aliphatic heterocycles. The van der Waals surface area contributed by atoms with Crippen LogP contribution in [0.4, 0.5) is 10.6 Å². The Morgan fingerprint density at radius 3 is 2.49 bits per heavy atom. The number of anilines is 1. The van der Waals surface area contributed by atoms with Crippen molar-refractivity contribution in [2.24, 2.45) is 5.92 Å². The van der Waals surface area contributed by atoms with E-state index in [1.165, 1.54) is 44.3 Å². The van der Waals surface area contributed by atoms with Gasteiger partial charge in [0, 0.05) is 18.6 Å². The normalized spacial score (nSPS) is 26.0. The topological polar surface area (TPSA) is 90.9 Å². The van der Waals surface area contributed by atoms with Crippen LogP contribution in [0.15, 0.2) is 42.7 Å². The predicted octanol–water partition coefficient (Wildman–Crippen LogP) is 3.73. The summed E-state index contributed by atoms with van der Waals surface area (Å²) in [6.07, 6.45) is 10.3. The monoisotopic (exact) mass is 506 g/mol. The molecule has 2 saturated carbocycles. The van der Waals surface area contributed by atoms with Gasteiger partial charge in [-0.15, -0.1) is 0 Å². The number of urea groups is 1. The lowest BCUT2D eigenvalue weighted by atomic mass is 9.68. The lowest BCUT2D eigenvalue weighted by Crippen LogP contribution is -2.56. The Balaban J connectivity index is 1.33. The van der Waals surface area contributed by atoms with Gasteiger partial charge in [0.25, 0.3) is 0 Å². The molecule has 9 heteroatoms. The summed E-state index contributed by atoms with van der Waals surface area (Å²) >= 11 is 0. The zero-order valence-electron chi connectivity index (χ0n) is 22.2. The second kappa shape index (κ2) is 10.3. The molecule has 0 atom stereocenters. The number of hydrogen-bond acceptors (Lipinski definition) is 6. The van der Waals surface area contributed by atoms with Gasteiger partial charge in [-0.2, -0.15) is 4.98 Å². The highest BCUT2D eigenvalue weighted by Crippen LogP contribution is 2.49. The van der Waals surface area contributed by atoms with Gasteiger partial charge in [-0.05, 0) is 64.1 Å². The van der Waals surface area contributed by atoms with Gasteiger partial charge in [0.05, 0.1) is 25.0 Å². The standard InChI is InChI=1S/C28H38N6O3/c1-32(2)28(22-10-5-4-6-11-22)14-12-27(13-15-28)20-33(26(36)34(27)18-21-8-7-9-21)19-24(35)30-23-16-29-17-25(31-23)37-3/h4-6,10-11,16-17,21H,7-9,12-15,18-20H2,1-3H3,(H,30,31,35)/t27-,28-. The Hall–Kier alpha value is -3.20. The fourth-order valence-corrected chi connectivity index (χ4v) is 6.37. The molecule has 3 fully saturated rings. The molecule has 1 N–H and O–H groups in total. The van der Waals surface area contributed by atoms with E-state index in [-0.39, 0.29) is 29.6 Å². The van der Waals surface area contributed by atoms with E-state index >= 15 is 0 Å². The smallest absolute Gasteiger partial charge is 0.321 e. The van der Waals surface area contributed by atoms with Gasteiger partial charge in [-0.25, -0.2) is 4.79 Å². The molecular formula is C28H38N6O3. The number of nitrogens with zero attached hydrogens (tertiary/aromatic N) is 5. The summed E-state index contributed by atoms with van der Waals surface area (Å²) in [5.41, 5.74) is 1.05. The molecule has 198 valence electrons. The van der Waals surface area contributed by atoms with Gasteiger partial charge in [0.1, 0.15) is 6.54 Å². The van der Waals surface area contributed by atoms with Gasteiger partial charge in [-0.3, -0.25) is 14.7 Å². The summed E-state index contributed by atoms with van der Waals surface area (Å²) in [6.45, 7) is 1.37. The Kier molecular flexibility index (Phi) is 7.07. The average Bonchev–Trinajstić information content (AvgIpc) is 3.12. The Morgan fingerprint density at radius 1 is 1.14 bits per heavy atom. The molecule has 5 rings (SSSR count). The molecular weight excluding hydrogens is 468 g/mol. The summed E-state index contributed by atoms with van der Waals surface area (Å²) in [5, 5.41) is 2.77. The maximum atomic E-state index is 13.7. The van der Waals surface area contributed by atoms with Crippen molar-refractivity contribution in [3.63, 3.8) is 0 Å². The first-order chi connectivity index (χ1) is 17.8. The summed E-state index contributed by atoms with van der Waals surface area (Å²) in [7, 11) is 5.83. The van der Waals surface area contributed by atoms with Crippen LogP contribution in [0.1, 0.15) is 50.5 Å². The molecule has 3 amide bonds. The van der Waals surface area contributed by atoms with E-state index in [4.69, 9.17) is 4.74 Å². The number of benzene rings is 1. The van der Waals surface area contributed by atoms with Gasteiger partial charge in [0.15, 0.2) is 5.82 Å². The van der Waals surface area contributed by atoms with Crippen LogP contribution in [0.5, 0.6) is 5.88 Å². The first-order valence-corrected chi connectivity index (χ1v) is 13.3. The molecule has 1 aromatic heterocycles. The number of nitrogens with one attached hydrogen (secondary N) is 1. The van der Waals surface area contributed by atoms with Crippen molar-refractivity contribution in [2.45, 2.75) is 56.0 Å². The van der Waals surface area contributed by atoms with Crippen LogP contribution in [0.25, 0.3) is 0 Å². The third-order valence-corrected chi connectivity index (χ3v) is 8.82. The van der Waals surface area contributed by atoms with Crippen molar-refractivity contribution in [3.05, 3.63) is 48.3 Å². The zero-order valence-corrected chi connectivity index (χ0v) is 22.2. The molecule has 2 heterocycles. The lowest BCUT2D eigenvalue weighted by Gasteiger charge is -2.51. The number of ether oxygens (including phenoxy) is 1. The molecule has 1 spiro atoms.